The number of methoxy groups -OCH3 is 1. The maximum Gasteiger partial charge on any atom is 0.240 e. The van der Waals surface area contributed by atoms with Gasteiger partial charge in [0.15, 0.2) is 0 Å². The van der Waals surface area contributed by atoms with E-state index >= 15 is 0 Å². The third-order valence-electron chi connectivity index (χ3n) is 3.06. The Labute approximate surface area is 104 Å². The Hall–Kier alpha value is -0.650. The highest BCUT2D eigenvalue weighted by Crippen LogP contribution is 2.09. The van der Waals surface area contributed by atoms with Crippen LogP contribution >= 0.6 is 0 Å². The molecule has 0 fully saturated rings. The molecule has 3 atom stereocenters. The van der Waals surface area contributed by atoms with Crippen LogP contribution in [0.5, 0.6) is 0 Å². The Morgan fingerprint density at radius 2 is 2.00 bits per heavy atom. The van der Waals surface area contributed by atoms with Crippen molar-refractivity contribution in [1.29, 1.82) is 0 Å². The Morgan fingerprint density at radius 1 is 1.41 bits per heavy atom. The highest BCUT2D eigenvalue weighted by atomic mass is 16.5. The summed E-state index contributed by atoms with van der Waals surface area (Å²) in [6.45, 7) is 7.44. The number of nitrogens with zero attached hydrogens (tertiary/aromatic N) is 1. The molecular formula is C12H27N3O2. The molecule has 5 nitrogen and oxygen atoms in total. The molecule has 0 saturated heterocycles. The molecule has 3 unspecified atom stereocenters. The molecule has 4 N–H and O–H groups in total. The number of amides is 1. The Morgan fingerprint density at radius 3 is 2.41 bits per heavy atom. The van der Waals surface area contributed by atoms with Gasteiger partial charge in [0.2, 0.25) is 5.91 Å². The maximum absolute atomic E-state index is 12.1. The molecule has 102 valence electrons. The summed E-state index contributed by atoms with van der Waals surface area (Å²) < 4.78 is 5.05. The Kier molecular flexibility index (Phi) is 8.12. The lowest BCUT2D eigenvalue weighted by Gasteiger charge is -2.28. The first-order valence-corrected chi connectivity index (χ1v) is 6.21. The minimum atomic E-state index is -0.460. The third-order valence-corrected chi connectivity index (χ3v) is 3.06. The fraction of sp³-hybridized carbons (Fsp3) is 0.917. The number of carbonyl (C=O) groups is 1. The number of rotatable bonds is 8. The van der Waals surface area contributed by atoms with Crippen LogP contribution in [-0.4, -0.2) is 43.8 Å². The van der Waals surface area contributed by atoms with Gasteiger partial charge in [0.05, 0.1) is 19.3 Å². The first kappa shape index (κ1) is 16.4. The molecule has 0 radical (unpaired) electrons. The van der Waals surface area contributed by atoms with Crippen molar-refractivity contribution in [3.8, 4) is 0 Å². The fourth-order valence-corrected chi connectivity index (χ4v) is 1.68. The van der Waals surface area contributed by atoms with E-state index in [0.717, 1.165) is 6.42 Å². The number of hydrogen-bond donors (Lipinski definition) is 2. The second kappa shape index (κ2) is 8.44. The minimum absolute atomic E-state index is 0.0650. The first-order valence-electron chi connectivity index (χ1n) is 6.21. The van der Waals surface area contributed by atoms with Crippen LogP contribution in [-0.2, 0) is 9.53 Å². The molecule has 17 heavy (non-hydrogen) atoms. The molecule has 0 heterocycles. The molecule has 0 rings (SSSR count). The minimum Gasteiger partial charge on any atom is -0.384 e. The highest BCUT2D eigenvalue weighted by molar-refractivity contribution is 5.81. The summed E-state index contributed by atoms with van der Waals surface area (Å²) in [7, 11) is 1.65. The summed E-state index contributed by atoms with van der Waals surface area (Å²) in [5, 5.41) is 0. The van der Waals surface area contributed by atoms with Crippen molar-refractivity contribution >= 4 is 5.91 Å². The normalized spacial score (nSPS) is 16.4. The van der Waals surface area contributed by atoms with Crippen molar-refractivity contribution in [2.75, 3.05) is 26.9 Å². The van der Waals surface area contributed by atoms with Gasteiger partial charge in [0.25, 0.3) is 0 Å². The van der Waals surface area contributed by atoms with Crippen molar-refractivity contribution in [3.63, 3.8) is 0 Å². The molecule has 0 spiro atoms. The second-order valence-corrected chi connectivity index (χ2v) is 4.72. The average Bonchev–Trinajstić information content (AvgIpc) is 2.33. The molecule has 0 aromatic carbocycles. The first-order chi connectivity index (χ1) is 7.97. The van der Waals surface area contributed by atoms with Crippen LogP contribution in [0.4, 0.5) is 0 Å². The van der Waals surface area contributed by atoms with Gasteiger partial charge in [0, 0.05) is 13.7 Å². The molecule has 0 aliphatic heterocycles. The monoisotopic (exact) mass is 245 g/mol. The topological polar surface area (TPSA) is 81.6 Å². The van der Waals surface area contributed by atoms with Gasteiger partial charge in [0.1, 0.15) is 0 Å². The van der Waals surface area contributed by atoms with Crippen molar-refractivity contribution in [2.24, 2.45) is 23.3 Å². The molecule has 5 heteroatoms. The lowest BCUT2D eigenvalue weighted by molar-refractivity contribution is -0.134. The standard InChI is InChI=1S/C12H27N3O2/c1-5-10(3)11(14)12(16)15(8-13)6-9(2)7-17-4/h9-11H,5-8,13-14H2,1-4H3. The predicted molar refractivity (Wildman–Crippen MR) is 69.2 cm³/mol. The van der Waals surface area contributed by atoms with Crippen molar-refractivity contribution in [2.45, 2.75) is 33.2 Å². The lowest BCUT2D eigenvalue weighted by atomic mass is 9.98. The zero-order valence-electron chi connectivity index (χ0n) is 11.5. The largest absolute Gasteiger partial charge is 0.384 e. The second-order valence-electron chi connectivity index (χ2n) is 4.72. The summed E-state index contributed by atoms with van der Waals surface area (Å²) in [6, 6.07) is -0.460. The molecule has 0 aromatic rings. The zero-order valence-corrected chi connectivity index (χ0v) is 11.5. The molecule has 0 saturated carbocycles. The SMILES string of the molecule is CCC(C)C(N)C(=O)N(CN)CC(C)COC. The van der Waals surface area contributed by atoms with E-state index in [1.807, 2.05) is 20.8 Å². The van der Waals surface area contributed by atoms with Gasteiger partial charge in [-0.05, 0) is 11.8 Å². The van der Waals surface area contributed by atoms with Gasteiger partial charge >= 0.3 is 0 Å². The van der Waals surface area contributed by atoms with Crippen LogP contribution in [0.25, 0.3) is 0 Å². The summed E-state index contributed by atoms with van der Waals surface area (Å²) >= 11 is 0. The predicted octanol–water partition coefficient (Wildman–Crippen LogP) is 0.387. The van der Waals surface area contributed by atoms with E-state index in [2.05, 4.69) is 0 Å². The quantitative estimate of drug-likeness (QED) is 0.606. The Balaban J connectivity index is 4.39. The lowest BCUT2D eigenvalue weighted by Crippen LogP contribution is -2.50. The summed E-state index contributed by atoms with van der Waals surface area (Å²) in [6.07, 6.45) is 0.888. The number of ether oxygens (including phenoxy) is 1. The van der Waals surface area contributed by atoms with E-state index in [-0.39, 0.29) is 24.4 Å². The van der Waals surface area contributed by atoms with E-state index in [1.54, 1.807) is 12.0 Å². The molecular weight excluding hydrogens is 218 g/mol. The van der Waals surface area contributed by atoms with Crippen LogP contribution in [0.1, 0.15) is 27.2 Å². The van der Waals surface area contributed by atoms with E-state index in [0.29, 0.717) is 13.2 Å². The van der Waals surface area contributed by atoms with E-state index in [4.69, 9.17) is 16.2 Å². The molecule has 0 aliphatic rings. The number of hydrogen-bond acceptors (Lipinski definition) is 4. The fourth-order valence-electron chi connectivity index (χ4n) is 1.68. The molecule has 0 bridgehead atoms. The van der Waals surface area contributed by atoms with Gasteiger partial charge < -0.3 is 21.1 Å². The van der Waals surface area contributed by atoms with Crippen LogP contribution in [0.3, 0.4) is 0 Å². The van der Waals surface area contributed by atoms with Crippen LogP contribution in [0.2, 0.25) is 0 Å². The maximum atomic E-state index is 12.1. The van der Waals surface area contributed by atoms with Crippen LogP contribution < -0.4 is 11.5 Å². The van der Waals surface area contributed by atoms with Crippen molar-refractivity contribution < 1.29 is 9.53 Å². The van der Waals surface area contributed by atoms with E-state index < -0.39 is 6.04 Å². The molecule has 1 amide bonds. The van der Waals surface area contributed by atoms with Gasteiger partial charge in [-0.15, -0.1) is 0 Å². The number of nitrogens with two attached hydrogens (primary N) is 2. The van der Waals surface area contributed by atoms with Gasteiger partial charge in [-0.2, -0.15) is 0 Å². The third kappa shape index (κ3) is 5.48. The zero-order chi connectivity index (χ0) is 13.4. The smallest absolute Gasteiger partial charge is 0.240 e. The number of carbonyl (C=O) groups excluding carboxylic acids is 1. The van der Waals surface area contributed by atoms with E-state index in [1.165, 1.54) is 0 Å². The average molecular weight is 245 g/mol. The van der Waals surface area contributed by atoms with Crippen LogP contribution in [0, 0.1) is 11.8 Å². The summed E-state index contributed by atoms with van der Waals surface area (Å²) in [5.74, 6) is 0.371. The van der Waals surface area contributed by atoms with Gasteiger partial charge in [-0.25, -0.2) is 0 Å². The van der Waals surface area contributed by atoms with E-state index in [9.17, 15) is 4.79 Å². The van der Waals surface area contributed by atoms with Gasteiger partial charge in [-0.3, -0.25) is 4.79 Å². The Bertz CT molecular complexity index is 224. The summed E-state index contributed by atoms with van der Waals surface area (Å²) in [4.78, 5) is 13.7. The highest BCUT2D eigenvalue weighted by Gasteiger charge is 2.25. The van der Waals surface area contributed by atoms with Crippen molar-refractivity contribution in [3.05, 3.63) is 0 Å². The van der Waals surface area contributed by atoms with Crippen molar-refractivity contribution in [1.82, 2.24) is 4.90 Å². The van der Waals surface area contributed by atoms with Gasteiger partial charge in [-0.1, -0.05) is 27.2 Å². The summed E-state index contributed by atoms with van der Waals surface area (Å²) in [5.41, 5.74) is 11.5. The van der Waals surface area contributed by atoms with Crippen LogP contribution in [0.15, 0.2) is 0 Å². The molecule has 0 aromatic heterocycles. The molecule has 0 aliphatic carbocycles.